The van der Waals surface area contributed by atoms with E-state index in [0.717, 1.165) is 6.42 Å². The molecule has 3 heterocycles. The van der Waals surface area contributed by atoms with Gasteiger partial charge >= 0.3 is 0 Å². The summed E-state index contributed by atoms with van der Waals surface area (Å²) in [7, 11) is 0. The molecule has 0 amide bonds. The minimum Gasteiger partial charge on any atom is -0.396 e. The van der Waals surface area contributed by atoms with Crippen molar-refractivity contribution in [1.29, 1.82) is 0 Å². The monoisotopic (exact) mass is 235 g/mol. The van der Waals surface area contributed by atoms with Crippen molar-refractivity contribution in [2.24, 2.45) is 5.92 Å². The molecule has 1 fully saturated rings. The van der Waals surface area contributed by atoms with Gasteiger partial charge in [0.05, 0.1) is 12.9 Å². The summed E-state index contributed by atoms with van der Waals surface area (Å²) >= 11 is 0. The van der Waals surface area contributed by atoms with Crippen molar-refractivity contribution in [3.8, 4) is 0 Å². The van der Waals surface area contributed by atoms with Gasteiger partial charge in [-0.05, 0) is 6.42 Å². The molecular formula is C10H13N5O2. The number of aliphatic hydroxyl groups is 1. The van der Waals surface area contributed by atoms with E-state index >= 15 is 0 Å². The topological polar surface area (TPSA) is 99.1 Å². The lowest BCUT2D eigenvalue weighted by Crippen LogP contribution is -2.08. The third-order valence-electron chi connectivity index (χ3n) is 3.01. The highest BCUT2D eigenvalue weighted by Gasteiger charge is 2.27. The van der Waals surface area contributed by atoms with Crippen LogP contribution in [-0.4, -0.2) is 37.8 Å². The summed E-state index contributed by atoms with van der Waals surface area (Å²) in [6.45, 7) is 0.696. The first kappa shape index (κ1) is 10.4. The standard InChI is InChI=1S/C10H13N5O2/c11-9-8-10(13-4-12-9)15(5-14-8)7-1-6(2-16)3-17-7/h4-7,16H,1-3H2,(H2,11,12,13)/t6-,7-/m0/s1. The predicted octanol–water partition coefficient (Wildman–Crippen LogP) is -0.0641. The molecule has 2 atom stereocenters. The molecular weight excluding hydrogens is 222 g/mol. The van der Waals surface area contributed by atoms with E-state index in [-0.39, 0.29) is 18.8 Å². The Bertz CT molecular complexity index is 540. The van der Waals surface area contributed by atoms with Gasteiger partial charge in [-0.15, -0.1) is 0 Å². The maximum Gasteiger partial charge on any atom is 0.167 e. The first-order valence-electron chi connectivity index (χ1n) is 5.45. The normalized spacial score (nSPS) is 24.5. The molecule has 3 rings (SSSR count). The van der Waals surface area contributed by atoms with Crippen LogP contribution in [0.2, 0.25) is 0 Å². The summed E-state index contributed by atoms with van der Waals surface area (Å²) in [5.41, 5.74) is 6.97. The Hall–Kier alpha value is -1.73. The van der Waals surface area contributed by atoms with Gasteiger partial charge in [0.2, 0.25) is 0 Å². The number of fused-ring (bicyclic) bond motifs is 1. The van der Waals surface area contributed by atoms with Crippen molar-refractivity contribution >= 4 is 17.0 Å². The van der Waals surface area contributed by atoms with Crippen molar-refractivity contribution in [3.63, 3.8) is 0 Å². The highest BCUT2D eigenvalue weighted by molar-refractivity contribution is 5.81. The highest BCUT2D eigenvalue weighted by atomic mass is 16.5. The first-order valence-corrected chi connectivity index (χ1v) is 5.45. The molecule has 90 valence electrons. The fourth-order valence-corrected chi connectivity index (χ4v) is 2.07. The predicted molar refractivity (Wildman–Crippen MR) is 59.9 cm³/mol. The second-order valence-corrected chi connectivity index (χ2v) is 4.16. The summed E-state index contributed by atoms with van der Waals surface area (Å²) in [6, 6.07) is 0. The number of nitrogens with two attached hydrogens (primary N) is 1. The number of hydrogen-bond acceptors (Lipinski definition) is 6. The quantitative estimate of drug-likeness (QED) is 0.756. The zero-order chi connectivity index (χ0) is 11.8. The molecule has 2 aromatic heterocycles. The van der Waals surface area contributed by atoms with Crippen LogP contribution < -0.4 is 5.73 Å². The van der Waals surface area contributed by atoms with E-state index in [9.17, 15) is 0 Å². The molecule has 0 unspecified atom stereocenters. The van der Waals surface area contributed by atoms with Gasteiger partial charge in [-0.1, -0.05) is 0 Å². The van der Waals surface area contributed by atoms with Crippen molar-refractivity contribution in [2.75, 3.05) is 18.9 Å². The van der Waals surface area contributed by atoms with E-state index in [0.29, 0.717) is 23.6 Å². The van der Waals surface area contributed by atoms with Gasteiger partial charge in [-0.2, -0.15) is 0 Å². The number of ether oxygens (including phenoxy) is 1. The molecule has 0 spiro atoms. The number of nitrogens with zero attached hydrogens (tertiary/aromatic N) is 4. The molecule has 7 heteroatoms. The van der Waals surface area contributed by atoms with E-state index in [1.54, 1.807) is 6.33 Å². The molecule has 17 heavy (non-hydrogen) atoms. The van der Waals surface area contributed by atoms with Crippen LogP contribution in [0.1, 0.15) is 12.6 Å². The van der Waals surface area contributed by atoms with E-state index in [2.05, 4.69) is 15.0 Å². The lowest BCUT2D eigenvalue weighted by Gasteiger charge is -2.11. The smallest absolute Gasteiger partial charge is 0.167 e. The van der Waals surface area contributed by atoms with Crippen LogP contribution in [0.4, 0.5) is 5.82 Å². The molecule has 1 aliphatic heterocycles. The van der Waals surface area contributed by atoms with Gasteiger partial charge in [0.25, 0.3) is 0 Å². The second-order valence-electron chi connectivity index (χ2n) is 4.16. The third-order valence-corrected chi connectivity index (χ3v) is 3.01. The summed E-state index contributed by atoms with van der Waals surface area (Å²) in [5, 5.41) is 9.09. The SMILES string of the molecule is Nc1ncnc2c1ncn2[C@@H]1C[C@@H](CO)CO1. The zero-order valence-electron chi connectivity index (χ0n) is 9.15. The van der Waals surface area contributed by atoms with Crippen LogP contribution in [0.3, 0.4) is 0 Å². The van der Waals surface area contributed by atoms with E-state index < -0.39 is 0 Å². The van der Waals surface area contributed by atoms with E-state index in [1.807, 2.05) is 4.57 Å². The minimum atomic E-state index is -0.133. The average molecular weight is 235 g/mol. The zero-order valence-corrected chi connectivity index (χ0v) is 9.15. The second kappa shape index (κ2) is 3.94. The number of anilines is 1. The van der Waals surface area contributed by atoms with Crippen LogP contribution in [-0.2, 0) is 4.74 Å². The lowest BCUT2D eigenvalue weighted by molar-refractivity contribution is 0.0551. The summed E-state index contributed by atoms with van der Waals surface area (Å²) in [6.07, 6.45) is 3.69. The number of nitrogen functional groups attached to an aromatic ring is 1. The van der Waals surface area contributed by atoms with Crippen molar-refractivity contribution in [3.05, 3.63) is 12.7 Å². The molecule has 2 aromatic rings. The van der Waals surface area contributed by atoms with Crippen LogP contribution in [0.15, 0.2) is 12.7 Å². The minimum absolute atomic E-state index is 0.133. The van der Waals surface area contributed by atoms with Crippen molar-refractivity contribution in [2.45, 2.75) is 12.6 Å². The largest absolute Gasteiger partial charge is 0.396 e. The van der Waals surface area contributed by atoms with E-state index in [4.69, 9.17) is 15.6 Å². The third kappa shape index (κ3) is 1.63. The maximum absolute atomic E-state index is 9.09. The van der Waals surface area contributed by atoms with Gasteiger partial charge in [0, 0.05) is 12.5 Å². The van der Waals surface area contributed by atoms with E-state index in [1.165, 1.54) is 6.33 Å². The van der Waals surface area contributed by atoms with Crippen molar-refractivity contribution in [1.82, 2.24) is 19.5 Å². The van der Waals surface area contributed by atoms with Crippen LogP contribution in [0.25, 0.3) is 11.2 Å². The van der Waals surface area contributed by atoms with Crippen LogP contribution >= 0.6 is 0 Å². The number of aliphatic hydroxyl groups excluding tert-OH is 1. The summed E-state index contributed by atoms with van der Waals surface area (Å²) in [4.78, 5) is 12.2. The number of imidazole rings is 1. The summed E-state index contributed by atoms with van der Waals surface area (Å²) in [5.74, 6) is 0.544. The van der Waals surface area contributed by atoms with Gasteiger partial charge < -0.3 is 15.6 Å². The molecule has 1 aliphatic rings. The number of aromatic nitrogens is 4. The molecule has 0 radical (unpaired) electrons. The average Bonchev–Trinajstić information content (AvgIpc) is 2.94. The molecule has 7 nitrogen and oxygen atoms in total. The lowest BCUT2D eigenvalue weighted by atomic mass is 10.1. The molecule has 0 bridgehead atoms. The Morgan fingerprint density at radius 2 is 2.35 bits per heavy atom. The molecule has 0 saturated carbocycles. The summed E-state index contributed by atoms with van der Waals surface area (Å²) < 4.78 is 7.45. The first-order chi connectivity index (χ1) is 8.29. The Balaban J connectivity index is 1.99. The van der Waals surface area contributed by atoms with Gasteiger partial charge in [0.1, 0.15) is 18.1 Å². The number of hydrogen-bond donors (Lipinski definition) is 2. The van der Waals surface area contributed by atoms with Gasteiger partial charge in [-0.3, -0.25) is 4.57 Å². The highest BCUT2D eigenvalue weighted by Crippen LogP contribution is 2.30. The Morgan fingerprint density at radius 1 is 1.47 bits per heavy atom. The molecule has 1 saturated heterocycles. The molecule has 0 aliphatic carbocycles. The van der Waals surface area contributed by atoms with Gasteiger partial charge in [-0.25, -0.2) is 15.0 Å². The van der Waals surface area contributed by atoms with Gasteiger partial charge in [0.15, 0.2) is 11.5 Å². The fraction of sp³-hybridized carbons (Fsp3) is 0.500. The Kier molecular flexibility index (Phi) is 2.41. The number of rotatable bonds is 2. The molecule has 3 N–H and O–H groups in total. The van der Waals surface area contributed by atoms with Crippen LogP contribution in [0.5, 0.6) is 0 Å². The molecule has 0 aromatic carbocycles. The van der Waals surface area contributed by atoms with Crippen LogP contribution in [0, 0.1) is 5.92 Å². The maximum atomic E-state index is 9.09. The Morgan fingerprint density at radius 3 is 3.12 bits per heavy atom. The fourth-order valence-electron chi connectivity index (χ4n) is 2.07. The Labute approximate surface area is 97.3 Å². The van der Waals surface area contributed by atoms with Crippen molar-refractivity contribution < 1.29 is 9.84 Å².